The standard InChI is InChI=1S/C16H36NO4P/c1-2-3-4-5-6-7-8-9-10-11-12-13-14-16(15-17)21-22(18,19)20/h16H,2-15,17H2,1H3,(H2,18,19,20). The number of rotatable bonds is 16. The van der Waals surface area contributed by atoms with Crippen molar-refractivity contribution >= 4 is 7.82 Å². The van der Waals surface area contributed by atoms with Crippen molar-refractivity contribution in [1.29, 1.82) is 0 Å². The molecule has 1 atom stereocenters. The first-order chi connectivity index (χ1) is 10.5. The summed E-state index contributed by atoms with van der Waals surface area (Å²) < 4.78 is 15.4. The van der Waals surface area contributed by atoms with Crippen LogP contribution < -0.4 is 5.73 Å². The zero-order chi connectivity index (χ0) is 16.7. The van der Waals surface area contributed by atoms with E-state index in [0.717, 1.165) is 12.8 Å². The summed E-state index contributed by atoms with van der Waals surface area (Å²) in [6, 6.07) is 0. The van der Waals surface area contributed by atoms with E-state index in [1.807, 2.05) is 0 Å². The van der Waals surface area contributed by atoms with Crippen molar-refractivity contribution in [3.8, 4) is 0 Å². The lowest BCUT2D eigenvalue weighted by Crippen LogP contribution is -2.22. The van der Waals surface area contributed by atoms with Crippen LogP contribution in [0.3, 0.4) is 0 Å². The molecule has 0 radical (unpaired) electrons. The van der Waals surface area contributed by atoms with Crippen LogP contribution in [0.2, 0.25) is 0 Å². The molecular formula is C16H36NO4P. The molecule has 0 fully saturated rings. The van der Waals surface area contributed by atoms with Crippen LogP contribution in [0.25, 0.3) is 0 Å². The van der Waals surface area contributed by atoms with Gasteiger partial charge in [-0.15, -0.1) is 0 Å². The van der Waals surface area contributed by atoms with Gasteiger partial charge in [0.2, 0.25) is 0 Å². The van der Waals surface area contributed by atoms with Gasteiger partial charge in [-0.3, -0.25) is 4.52 Å². The van der Waals surface area contributed by atoms with Crippen molar-refractivity contribution in [3.05, 3.63) is 0 Å². The highest BCUT2D eigenvalue weighted by atomic mass is 31.2. The summed E-state index contributed by atoms with van der Waals surface area (Å²) in [6.45, 7) is 2.40. The van der Waals surface area contributed by atoms with Crippen molar-refractivity contribution in [3.63, 3.8) is 0 Å². The van der Waals surface area contributed by atoms with Crippen molar-refractivity contribution in [1.82, 2.24) is 0 Å². The molecule has 1 unspecified atom stereocenters. The number of nitrogens with two attached hydrogens (primary N) is 1. The third-order valence-electron chi connectivity index (χ3n) is 3.93. The first-order valence-corrected chi connectivity index (χ1v) is 10.5. The zero-order valence-corrected chi connectivity index (χ0v) is 15.1. The van der Waals surface area contributed by atoms with E-state index in [1.165, 1.54) is 64.2 Å². The van der Waals surface area contributed by atoms with Gasteiger partial charge in [-0.25, -0.2) is 4.57 Å². The van der Waals surface area contributed by atoms with E-state index in [1.54, 1.807) is 0 Å². The Balaban J connectivity index is 3.30. The Morgan fingerprint density at radius 3 is 1.64 bits per heavy atom. The van der Waals surface area contributed by atoms with Crippen LogP contribution >= 0.6 is 7.82 Å². The fourth-order valence-electron chi connectivity index (χ4n) is 2.62. The minimum Gasteiger partial charge on any atom is -0.328 e. The monoisotopic (exact) mass is 337 g/mol. The fourth-order valence-corrected chi connectivity index (χ4v) is 3.20. The second kappa shape index (κ2) is 14.6. The predicted octanol–water partition coefficient (Wildman–Crippen LogP) is 4.51. The molecule has 0 aromatic carbocycles. The van der Waals surface area contributed by atoms with Gasteiger partial charge in [0.25, 0.3) is 0 Å². The third kappa shape index (κ3) is 16.4. The van der Waals surface area contributed by atoms with Crippen molar-refractivity contribution in [2.45, 2.75) is 96.5 Å². The van der Waals surface area contributed by atoms with E-state index < -0.39 is 13.9 Å². The van der Waals surface area contributed by atoms with E-state index in [2.05, 4.69) is 11.4 Å². The van der Waals surface area contributed by atoms with Gasteiger partial charge in [0.15, 0.2) is 0 Å². The lowest BCUT2D eigenvalue weighted by molar-refractivity contribution is 0.129. The van der Waals surface area contributed by atoms with Gasteiger partial charge in [-0.05, 0) is 6.42 Å². The molecule has 0 bridgehead atoms. The second-order valence-corrected chi connectivity index (χ2v) is 7.32. The highest BCUT2D eigenvalue weighted by Crippen LogP contribution is 2.38. The van der Waals surface area contributed by atoms with Gasteiger partial charge in [0.05, 0.1) is 6.10 Å². The quantitative estimate of drug-likeness (QED) is 0.284. The minimum absolute atomic E-state index is 0.156. The SMILES string of the molecule is CCCCCCCCCCCCCCC(CN)OP(=O)(O)O. The Morgan fingerprint density at radius 2 is 1.27 bits per heavy atom. The Hall–Kier alpha value is 0.0700. The maximum absolute atomic E-state index is 10.7. The molecule has 0 aromatic rings. The Labute approximate surface area is 136 Å². The topological polar surface area (TPSA) is 92.8 Å². The lowest BCUT2D eigenvalue weighted by Gasteiger charge is -2.15. The largest absolute Gasteiger partial charge is 0.469 e. The summed E-state index contributed by atoms with van der Waals surface area (Å²) in [5.74, 6) is 0. The molecule has 0 amide bonds. The summed E-state index contributed by atoms with van der Waals surface area (Å²) in [5.41, 5.74) is 5.45. The number of phosphoric acid groups is 1. The lowest BCUT2D eigenvalue weighted by atomic mass is 10.0. The number of unbranched alkanes of at least 4 members (excludes halogenated alkanes) is 11. The average molecular weight is 337 g/mol. The van der Waals surface area contributed by atoms with Crippen LogP contribution in [0.15, 0.2) is 0 Å². The molecular weight excluding hydrogens is 301 g/mol. The summed E-state index contributed by atoms with van der Waals surface area (Å²) in [7, 11) is -4.40. The van der Waals surface area contributed by atoms with Crippen LogP contribution in [0.5, 0.6) is 0 Å². The van der Waals surface area contributed by atoms with E-state index in [4.69, 9.17) is 15.5 Å². The molecule has 5 nitrogen and oxygen atoms in total. The Bertz CT molecular complexity index is 283. The van der Waals surface area contributed by atoms with Crippen molar-refractivity contribution in [2.24, 2.45) is 5.73 Å². The average Bonchev–Trinajstić information content (AvgIpc) is 2.46. The first kappa shape index (κ1) is 22.1. The second-order valence-electron chi connectivity index (χ2n) is 6.13. The molecule has 0 spiro atoms. The molecule has 0 aliphatic rings. The van der Waals surface area contributed by atoms with Crippen molar-refractivity contribution < 1.29 is 18.9 Å². The molecule has 0 saturated heterocycles. The van der Waals surface area contributed by atoms with Crippen LogP contribution in [-0.4, -0.2) is 22.4 Å². The Kier molecular flexibility index (Phi) is 14.7. The zero-order valence-electron chi connectivity index (χ0n) is 14.2. The number of hydrogen-bond acceptors (Lipinski definition) is 3. The van der Waals surface area contributed by atoms with Gasteiger partial charge < -0.3 is 15.5 Å². The van der Waals surface area contributed by atoms with Gasteiger partial charge in [0, 0.05) is 6.54 Å². The van der Waals surface area contributed by atoms with E-state index in [9.17, 15) is 4.57 Å². The third-order valence-corrected chi connectivity index (χ3v) is 4.50. The van der Waals surface area contributed by atoms with Gasteiger partial charge in [-0.2, -0.15) is 0 Å². The minimum atomic E-state index is -4.40. The number of phosphoric ester groups is 1. The molecule has 0 aromatic heterocycles. The summed E-state index contributed by atoms with van der Waals surface area (Å²) in [5, 5.41) is 0. The van der Waals surface area contributed by atoms with Gasteiger partial charge in [0.1, 0.15) is 0 Å². The molecule has 0 aliphatic carbocycles. The summed E-state index contributed by atoms with van der Waals surface area (Å²) in [4.78, 5) is 17.5. The smallest absolute Gasteiger partial charge is 0.328 e. The van der Waals surface area contributed by atoms with E-state index >= 15 is 0 Å². The van der Waals surface area contributed by atoms with Gasteiger partial charge in [-0.1, -0.05) is 84.0 Å². The van der Waals surface area contributed by atoms with Gasteiger partial charge >= 0.3 is 7.82 Å². The van der Waals surface area contributed by atoms with Crippen LogP contribution in [0, 0.1) is 0 Å². The number of hydrogen-bond donors (Lipinski definition) is 3. The first-order valence-electron chi connectivity index (χ1n) is 8.93. The Morgan fingerprint density at radius 1 is 0.864 bits per heavy atom. The molecule has 0 rings (SSSR count). The van der Waals surface area contributed by atoms with Crippen LogP contribution in [0.4, 0.5) is 0 Å². The summed E-state index contributed by atoms with van der Waals surface area (Å²) in [6.07, 6.45) is 15.3. The van der Waals surface area contributed by atoms with Crippen molar-refractivity contribution in [2.75, 3.05) is 6.54 Å². The molecule has 0 saturated carbocycles. The molecule has 0 aliphatic heterocycles. The maximum Gasteiger partial charge on any atom is 0.469 e. The van der Waals surface area contributed by atoms with Crippen LogP contribution in [-0.2, 0) is 9.09 Å². The molecule has 0 heterocycles. The normalized spacial score (nSPS) is 13.5. The fraction of sp³-hybridized carbons (Fsp3) is 1.00. The maximum atomic E-state index is 10.7. The molecule has 22 heavy (non-hydrogen) atoms. The summed E-state index contributed by atoms with van der Waals surface area (Å²) >= 11 is 0. The molecule has 4 N–H and O–H groups in total. The molecule has 134 valence electrons. The van der Waals surface area contributed by atoms with E-state index in [-0.39, 0.29) is 6.54 Å². The highest BCUT2D eigenvalue weighted by molar-refractivity contribution is 7.46. The highest BCUT2D eigenvalue weighted by Gasteiger charge is 2.20. The van der Waals surface area contributed by atoms with E-state index in [0.29, 0.717) is 6.42 Å². The van der Waals surface area contributed by atoms with Crippen LogP contribution in [0.1, 0.15) is 90.4 Å². The predicted molar refractivity (Wildman–Crippen MR) is 91.7 cm³/mol. The molecule has 6 heteroatoms.